The van der Waals surface area contributed by atoms with Gasteiger partial charge in [-0.2, -0.15) is 0 Å². The number of hydrogen-bond acceptors (Lipinski definition) is 8. The molecule has 42 heavy (non-hydrogen) atoms. The van der Waals surface area contributed by atoms with Gasteiger partial charge in [0, 0.05) is 31.7 Å². The number of rotatable bonds is 15. The highest BCUT2D eigenvalue weighted by molar-refractivity contribution is 6.46. The molecule has 2 aliphatic heterocycles. The van der Waals surface area contributed by atoms with E-state index in [-0.39, 0.29) is 11.3 Å². The molecule has 0 saturated carbocycles. The van der Waals surface area contributed by atoms with Gasteiger partial charge in [-0.05, 0) is 61.2 Å². The molecule has 2 saturated heterocycles. The summed E-state index contributed by atoms with van der Waals surface area (Å²) in [5.74, 6) is 0.258. The van der Waals surface area contributed by atoms with Crippen molar-refractivity contribution in [2.75, 3.05) is 59.7 Å². The molecule has 2 aromatic carbocycles. The summed E-state index contributed by atoms with van der Waals surface area (Å²) in [5.41, 5.74) is 1.18. The van der Waals surface area contributed by atoms with Gasteiger partial charge in [-0.25, -0.2) is 0 Å². The lowest BCUT2D eigenvalue weighted by Gasteiger charge is -2.29. The van der Waals surface area contributed by atoms with E-state index >= 15 is 0 Å². The standard InChI is InChI=1S/C33H44N2O7/c1-4-6-19-41-26-12-9-24(10-13-26)31(36)29-30(25-11-14-27(28(23-25)39-3)42-20-7-5-2)35(33(38)32(29)37)16-8-15-34-17-21-40-22-18-34/h9-14,23,30,36H,4-8,15-22H2,1-3H3/b31-29+. The van der Waals surface area contributed by atoms with E-state index in [9.17, 15) is 14.7 Å². The van der Waals surface area contributed by atoms with Gasteiger partial charge >= 0.3 is 0 Å². The maximum absolute atomic E-state index is 13.5. The van der Waals surface area contributed by atoms with E-state index in [1.807, 2.05) is 6.07 Å². The molecule has 228 valence electrons. The van der Waals surface area contributed by atoms with Gasteiger partial charge in [0.1, 0.15) is 11.5 Å². The molecule has 1 N–H and O–H groups in total. The lowest BCUT2D eigenvalue weighted by atomic mass is 9.95. The molecule has 0 aromatic heterocycles. The minimum atomic E-state index is -0.770. The molecule has 9 heteroatoms. The van der Waals surface area contributed by atoms with Crippen LogP contribution in [0.1, 0.15) is 63.1 Å². The molecule has 2 heterocycles. The Balaban J connectivity index is 1.66. The molecule has 4 rings (SSSR count). The highest BCUT2D eigenvalue weighted by Crippen LogP contribution is 2.42. The first-order valence-corrected chi connectivity index (χ1v) is 15.1. The number of morpholine rings is 1. The fourth-order valence-electron chi connectivity index (χ4n) is 5.25. The van der Waals surface area contributed by atoms with E-state index in [0.29, 0.717) is 67.8 Å². The summed E-state index contributed by atoms with van der Waals surface area (Å²) in [6.45, 7) is 9.59. The molecular weight excluding hydrogens is 536 g/mol. The minimum absolute atomic E-state index is 0.0627. The molecule has 1 unspecified atom stereocenters. The van der Waals surface area contributed by atoms with Crippen LogP contribution in [0.4, 0.5) is 0 Å². The van der Waals surface area contributed by atoms with Crippen LogP contribution in [0.5, 0.6) is 17.2 Å². The molecule has 9 nitrogen and oxygen atoms in total. The van der Waals surface area contributed by atoms with Gasteiger partial charge in [0.15, 0.2) is 11.5 Å². The summed E-state index contributed by atoms with van der Waals surface area (Å²) in [6.07, 6.45) is 4.58. The average Bonchev–Trinajstić information content (AvgIpc) is 3.27. The minimum Gasteiger partial charge on any atom is -0.507 e. The van der Waals surface area contributed by atoms with Crippen LogP contribution in [0, 0.1) is 0 Å². The number of benzene rings is 2. The molecule has 2 aliphatic rings. The van der Waals surface area contributed by atoms with Crippen molar-refractivity contribution < 1.29 is 33.6 Å². The number of aliphatic hydroxyl groups excluding tert-OH is 1. The number of likely N-dealkylation sites (tertiary alicyclic amines) is 1. The van der Waals surface area contributed by atoms with Gasteiger partial charge < -0.3 is 29.0 Å². The van der Waals surface area contributed by atoms with Crippen LogP contribution in [0.3, 0.4) is 0 Å². The molecule has 1 atom stereocenters. The summed E-state index contributed by atoms with van der Waals surface area (Å²) in [5, 5.41) is 11.5. The van der Waals surface area contributed by atoms with E-state index in [1.54, 1.807) is 48.4 Å². The first kappa shape index (κ1) is 31.4. The Morgan fingerprint density at radius 2 is 1.60 bits per heavy atom. The third-order valence-corrected chi connectivity index (χ3v) is 7.67. The number of methoxy groups -OCH3 is 1. The van der Waals surface area contributed by atoms with Crippen LogP contribution in [-0.4, -0.2) is 86.3 Å². The largest absolute Gasteiger partial charge is 0.507 e. The zero-order valence-electron chi connectivity index (χ0n) is 25.1. The van der Waals surface area contributed by atoms with Crippen molar-refractivity contribution in [2.45, 2.75) is 52.0 Å². The second-order valence-corrected chi connectivity index (χ2v) is 10.6. The van der Waals surface area contributed by atoms with Gasteiger partial charge in [-0.1, -0.05) is 32.8 Å². The Kier molecular flexibility index (Phi) is 11.7. The van der Waals surface area contributed by atoms with Crippen molar-refractivity contribution in [1.82, 2.24) is 9.80 Å². The van der Waals surface area contributed by atoms with Gasteiger partial charge in [-0.3, -0.25) is 14.5 Å². The van der Waals surface area contributed by atoms with Crippen molar-refractivity contribution in [1.29, 1.82) is 0 Å². The fourth-order valence-corrected chi connectivity index (χ4v) is 5.25. The summed E-state index contributed by atoms with van der Waals surface area (Å²) in [6, 6.07) is 11.6. The maximum atomic E-state index is 13.5. The Labute approximate surface area is 249 Å². The predicted molar refractivity (Wildman–Crippen MR) is 161 cm³/mol. The van der Waals surface area contributed by atoms with Gasteiger partial charge in [0.25, 0.3) is 11.7 Å². The predicted octanol–water partition coefficient (Wildman–Crippen LogP) is 5.20. The average molecular weight is 581 g/mol. The molecule has 1 amide bonds. The first-order chi connectivity index (χ1) is 20.5. The summed E-state index contributed by atoms with van der Waals surface area (Å²) >= 11 is 0. The van der Waals surface area contributed by atoms with E-state index in [0.717, 1.165) is 45.3 Å². The van der Waals surface area contributed by atoms with Crippen LogP contribution in [-0.2, 0) is 14.3 Å². The van der Waals surface area contributed by atoms with Gasteiger partial charge in [0.05, 0.1) is 45.2 Å². The van der Waals surface area contributed by atoms with Crippen molar-refractivity contribution in [3.63, 3.8) is 0 Å². The van der Waals surface area contributed by atoms with Gasteiger partial charge in [0.2, 0.25) is 0 Å². The Bertz CT molecular complexity index is 1220. The maximum Gasteiger partial charge on any atom is 0.295 e. The van der Waals surface area contributed by atoms with Crippen molar-refractivity contribution in [3.8, 4) is 17.2 Å². The zero-order chi connectivity index (χ0) is 29.9. The second kappa shape index (κ2) is 15.6. The van der Waals surface area contributed by atoms with Crippen molar-refractivity contribution in [2.24, 2.45) is 0 Å². The van der Waals surface area contributed by atoms with Crippen LogP contribution in [0.2, 0.25) is 0 Å². The van der Waals surface area contributed by atoms with Crippen LogP contribution in [0.15, 0.2) is 48.0 Å². The second-order valence-electron chi connectivity index (χ2n) is 10.6. The number of nitrogens with zero attached hydrogens (tertiary/aromatic N) is 2. The molecule has 2 fully saturated rings. The zero-order valence-corrected chi connectivity index (χ0v) is 25.1. The topological polar surface area (TPSA) is 97.8 Å². The number of carbonyl (C=O) groups excluding carboxylic acids is 2. The number of Topliss-reactive ketones (excluding diaryl/α,β-unsaturated/α-hetero) is 1. The number of ketones is 1. The molecular formula is C33H44N2O7. The molecule has 0 spiro atoms. The van der Waals surface area contributed by atoms with Crippen molar-refractivity contribution >= 4 is 17.4 Å². The summed E-state index contributed by atoms with van der Waals surface area (Å²) in [4.78, 5) is 30.8. The molecule has 0 aliphatic carbocycles. The lowest BCUT2D eigenvalue weighted by Crippen LogP contribution is -2.39. The fraction of sp³-hybridized carbons (Fsp3) is 0.515. The number of ether oxygens (including phenoxy) is 4. The SMILES string of the molecule is CCCCOc1ccc(/C(O)=C2\C(=O)C(=O)N(CCCN3CCOCC3)C2c2ccc(OCCCC)c(OC)c2)cc1. The molecule has 0 radical (unpaired) electrons. The number of carbonyl (C=O) groups is 2. The first-order valence-electron chi connectivity index (χ1n) is 15.1. The van der Waals surface area contributed by atoms with Crippen LogP contribution < -0.4 is 14.2 Å². The van der Waals surface area contributed by atoms with E-state index in [1.165, 1.54) is 0 Å². The Morgan fingerprint density at radius 3 is 2.26 bits per heavy atom. The van der Waals surface area contributed by atoms with E-state index < -0.39 is 17.7 Å². The van der Waals surface area contributed by atoms with E-state index in [4.69, 9.17) is 18.9 Å². The molecule has 2 aromatic rings. The Hall–Kier alpha value is -3.56. The van der Waals surface area contributed by atoms with Crippen LogP contribution in [0.25, 0.3) is 5.76 Å². The molecule has 0 bridgehead atoms. The van der Waals surface area contributed by atoms with Crippen LogP contribution >= 0.6 is 0 Å². The quantitative estimate of drug-likeness (QED) is 0.133. The number of aliphatic hydroxyl groups is 1. The number of amides is 1. The monoisotopic (exact) mass is 580 g/mol. The highest BCUT2D eigenvalue weighted by atomic mass is 16.5. The van der Waals surface area contributed by atoms with Gasteiger partial charge in [-0.15, -0.1) is 0 Å². The third kappa shape index (κ3) is 7.63. The summed E-state index contributed by atoms with van der Waals surface area (Å²) in [7, 11) is 1.56. The number of hydrogen-bond donors (Lipinski definition) is 1. The Morgan fingerprint density at radius 1 is 0.905 bits per heavy atom. The highest BCUT2D eigenvalue weighted by Gasteiger charge is 2.46. The summed E-state index contributed by atoms with van der Waals surface area (Å²) < 4.78 is 22.8. The lowest BCUT2D eigenvalue weighted by molar-refractivity contribution is -0.140. The normalized spacial score (nSPS) is 18.8. The smallest absolute Gasteiger partial charge is 0.295 e. The third-order valence-electron chi connectivity index (χ3n) is 7.67. The van der Waals surface area contributed by atoms with Crippen molar-refractivity contribution in [3.05, 3.63) is 59.2 Å². The number of unbranched alkanes of at least 4 members (excludes halogenated alkanes) is 2. The van der Waals surface area contributed by atoms with E-state index in [2.05, 4.69) is 18.7 Å².